The molecule has 0 spiro atoms. The van der Waals surface area contributed by atoms with E-state index in [1.54, 1.807) is 0 Å². The number of hydrogen-bond acceptors (Lipinski definition) is 3. The van der Waals surface area contributed by atoms with E-state index < -0.39 is 17.5 Å². The van der Waals surface area contributed by atoms with Crippen LogP contribution in [0.4, 0.5) is 4.39 Å². The van der Waals surface area contributed by atoms with Gasteiger partial charge in [-0.15, -0.1) is 0 Å². The number of hydrogen-bond donors (Lipinski definition) is 3. The monoisotopic (exact) mass is 225 g/mol. The van der Waals surface area contributed by atoms with Gasteiger partial charge in [-0.3, -0.25) is 0 Å². The molecular formula is C11H12FNO3. The maximum atomic E-state index is 13.2. The number of carboxylic acids is 1. The quantitative estimate of drug-likeness (QED) is 0.715. The number of benzene rings is 1. The molecule has 0 saturated carbocycles. The number of aromatic hydroxyl groups is 1. The molecule has 1 fully saturated rings. The fraction of sp³-hybridized carbons (Fsp3) is 0.364. The first kappa shape index (κ1) is 10.9. The van der Waals surface area contributed by atoms with Crippen molar-refractivity contribution in [3.63, 3.8) is 0 Å². The predicted molar refractivity (Wildman–Crippen MR) is 55.0 cm³/mol. The van der Waals surface area contributed by atoms with Gasteiger partial charge in [0.1, 0.15) is 0 Å². The van der Waals surface area contributed by atoms with Gasteiger partial charge in [0.15, 0.2) is 11.6 Å². The Hall–Kier alpha value is -1.62. The van der Waals surface area contributed by atoms with E-state index >= 15 is 0 Å². The Balaban J connectivity index is 2.53. The van der Waals surface area contributed by atoms with Crippen LogP contribution in [0.5, 0.6) is 5.75 Å². The first-order valence-corrected chi connectivity index (χ1v) is 5.09. The summed E-state index contributed by atoms with van der Waals surface area (Å²) in [7, 11) is 0. The number of phenolic OH excluding ortho intramolecular Hbond substituents is 1. The Morgan fingerprint density at radius 3 is 2.81 bits per heavy atom. The third-order valence-electron chi connectivity index (χ3n) is 2.81. The SMILES string of the molecule is O=C(O)c1ccc(F)c(O)c1[C@H]1CCCN1. The maximum absolute atomic E-state index is 13.2. The molecule has 0 unspecified atom stereocenters. The molecule has 1 heterocycles. The van der Waals surface area contributed by atoms with E-state index in [1.165, 1.54) is 6.07 Å². The minimum atomic E-state index is -1.15. The Labute approximate surface area is 91.7 Å². The van der Waals surface area contributed by atoms with Crippen LogP contribution in [0.25, 0.3) is 0 Å². The van der Waals surface area contributed by atoms with Crippen molar-refractivity contribution in [2.24, 2.45) is 0 Å². The molecule has 5 heteroatoms. The molecule has 0 bridgehead atoms. The first-order valence-electron chi connectivity index (χ1n) is 5.09. The average molecular weight is 225 g/mol. The molecule has 0 aromatic heterocycles. The number of carbonyl (C=O) groups is 1. The highest BCUT2D eigenvalue weighted by molar-refractivity contribution is 5.90. The van der Waals surface area contributed by atoms with Gasteiger partial charge >= 0.3 is 5.97 Å². The second-order valence-corrected chi connectivity index (χ2v) is 3.81. The normalized spacial score (nSPS) is 19.9. The van der Waals surface area contributed by atoms with Crippen LogP contribution in [0.2, 0.25) is 0 Å². The summed E-state index contributed by atoms with van der Waals surface area (Å²) < 4.78 is 13.2. The fourth-order valence-corrected chi connectivity index (χ4v) is 2.05. The van der Waals surface area contributed by atoms with E-state index in [1.807, 2.05) is 0 Å². The van der Waals surface area contributed by atoms with E-state index in [0.717, 1.165) is 19.0 Å². The van der Waals surface area contributed by atoms with Crippen LogP contribution in [-0.2, 0) is 0 Å². The zero-order chi connectivity index (χ0) is 11.7. The van der Waals surface area contributed by atoms with Crippen molar-refractivity contribution in [2.75, 3.05) is 6.54 Å². The van der Waals surface area contributed by atoms with Gasteiger partial charge in [-0.25, -0.2) is 9.18 Å². The molecule has 1 aromatic carbocycles. The maximum Gasteiger partial charge on any atom is 0.336 e. The van der Waals surface area contributed by atoms with Gasteiger partial charge in [0.2, 0.25) is 0 Å². The average Bonchev–Trinajstić information content (AvgIpc) is 2.74. The lowest BCUT2D eigenvalue weighted by Gasteiger charge is -2.15. The predicted octanol–water partition coefficient (Wildman–Crippen LogP) is 1.65. The Morgan fingerprint density at radius 2 is 2.25 bits per heavy atom. The van der Waals surface area contributed by atoms with Crippen LogP contribution in [-0.4, -0.2) is 22.7 Å². The van der Waals surface area contributed by atoms with Crippen LogP contribution in [0, 0.1) is 5.82 Å². The minimum Gasteiger partial charge on any atom is -0.505 e. The van der Waals surface area contributed by atoms with Crippen molar-refractivity contribution in [2.45, 2.75) is 18.9 Å². The number of carboxylic acid groups (broad SMARTS) is 1. The number of nitrogens with one attached hydrogen (secondary N) is 1. The van der Waals surface area contributed by atoms with E-state index in [-0.39, 0.29) is 17.2 Å². The highest BCUT2D eigenvalue weighted by atomic mass is 19.1. The lowest BCUT2D eigenvalue weighted by molar-refractivity contribution is 0.0694. The van der Waals surface area contributed by atoms with Gasteiger partial charge in [0, 0.05) is 11.6 Å². The van der Waals surface area contributed by atoms with Gasteiger partial charge in [-0.05, 0) is 31.5 Å². The van der Waals surface area contributed by atoms with Crippen molar-refractivity contribution in [1.82, 2.24) is 5.32 Å². The second-order valence-electron chi connectivity index (χ2n) is 3.81. The van der Waals surface area contributed by atoms with E-state index in [2.05, 4.69) is 5.32 Å². The smallest absolute Gasteiger partial charge is 0.336 e. The highest BCUT2D eigenvalue weighted by Gasteiger charge is 2.26. The number of rotatable bonds is 2. The molecule has 1 saturated heterocycles. The molecule has 1 aromatic rings. The fourth-order valence-electron chi connectivity index (χ4n) is 2.05. The third kappa shape index (κ3) is 1.74. The standard InChI is InChI=1S/C11H12FNO3/c12-7-4-3-6(11(15)16)9(10(7)14)8-2-1-5-13-8/h3-4,8,13-14H,1-2,5H2,(H,15,16)/t8-/m1/s1. The third-order valence-corrected chi connectivity index (χ3v) is 2.81. The molecule has 0 radical (unpaired) electrons. The summed E-state index contributed by atoms with van der Waals surface area (Å²) in [6.07, 6.45) is 1.59. The molecule has 16 heavy (non-hydrogen) atoms. The largest absolute Gasteiger partial charge is 0.505 e. The second kappa shape index (κ2) is 4.09. The van der Waals surface area contributed by atoms with Crippen molar-refractivity contribution in [1.29, 1.82) is 0 Å². The lowest BCUT2D eigenvalue weighted by Crippen LogP contribution is -2.17. The molecule has 1 aliphatic rings. The first-order chi connectivity index (χ1) is 7.61. The van der Waals surface area contributed by atoms with E-state index in [9.17, 15) is 14.3 Å². The Kier molecular flexibility index (Phi) is 2.78. The van der Waals surface area contributed by atoms with Crippen molar-refractivity contribution < 1.29 is 19.4 Å². The van der Waals surface area contributed by atoms with Crippen molar-refractivity contribution in [3.8, 4) is 5.75 Å². The zero-order valence-electron chi connectivity index (χ0n) is 8.53. The van der Waals surface area contributed by atoms with Crippen molar-refractivity contribution >= 4 is 5.97 Å². The van der Waals surface area contributed by atoms with E-state index in [0.29, 0.717) is 6.42 Å². The summed E-state index contributed by atoms with van der Waals surface area (Å²) in [5, 5.41) is 21.6. The molecular weight excluding hydrogens is 213 g/mol. The number of aromatic carboxylic acids is 1. The van der Waals surface area contributed by atoms with Crippen LogP contribution in [0.3, 0.4) is 0 Å². The summed E-state index contributed by atoms with van der Waals surface area (Å²) in [5.41, 5.74) is 0.114. The zero-order valence-corrected chi connectivity index (χ0v) is 8.53. The van der Waals surface area contributed by atoms with Crippen molar-refractivity contribution in [3.05, 3.63) is 29.1 Å². The Bertz CT molecular complexity index is 427. The molecule has 4 nitrogen and oxygen atoms in total. The molecule has 86 valence electrons. The number of halogens is 1. The molecule has 1 atom stereocenters. The van der Waals surface area contributed by atoms with Gasteiger partial charge in [0.05, 0.1) is 5.56 Å². The highest BCUT2D eigenvalue weighted by Crippen LogP contribution is 2.34. The van der Waals surface area contributed by atoms with Crippen LogP contribution in [0.1, 0.15) is 34.8 Å². The Morgan fingerprint density at radius 1 is 1.50 bits per heavy atom. The summed E-state index contributed by atoms with van der Waals surface area (Å²) in [5.74, 6) is -2.49. The molecule has 0 amide bonds. The van der Waals surface area contributed by atoms with Crippen LogP contribution >= 0.6 is 0 Å². The summed E-state index contributed by atoms with van der Waals surface area (Å²) in [4.78, 5) is 11.0. The summed E-state index contributed by atoms with van der Waals surface area (Å²) >= 11 is 0. The minimum absolute atomic E-state index is 0.0432. The van der Waals surface area contributed by atoms with Gasteiger partial charge in [-0.2, -0.15) is 0 Å². The molecule has 3 N–H and O–H groups in total. The van der Waals surface area contributed by atoms with Gasteiger partial charge in [0.25, 0.3) is 0 Å². The van der Waals surface area contributed by atoms with Crippen LogP contribution < -0.4 is 5.32 Å². The number of phenols is 1. The summed E-state index contributed by atoms with van der Waals surface area (Å²) in [6.45, 7) is 0.750. The topological polar surface area (TPSA) is 69.6 Å². The molecule has 2 rings (SSSR count). The van der Waals surface area contributed by atoms with E-state index in [4.69, 9.17) is 5.11 Å². The van der Waals surface area contributed by atoms with Gasteiger partial charge < -0.3 is 15.5 Å². The summed E-state index contributed by atoms with van der Waals surface area (Å²) in [6, 6.07) is 1.88. The lowest BCUT2D eigenvalue weighted by atomic mass is 9.97. The van der Waals surface area contributed by atoms with Crippen LogP contribution in [0.15, 0.2) is 12.1 Å². The molecule has 0 aliphatic carbocycles. The van der Waals surface area contributed by atoms with Gasteiger partial charge in [-0.1, -0.05) is 0 Å². The molecule has 1 aliphatic heterocycles.